The first-order chi connectivity index (χ1) is 6.57. The van der Waals surface area contributed by atoms with Gasteiger partial charge >= 0.3 is 5.97 Å². The Hall–Kier alpha value is -1.56. The van der Waals surface area contributed by atoms with E-state index >= 15 is 0 Å². The SMILES string of the molecule is COC(=O)c1cccc([N+](=O)[O-])c1S. The number of carbonyl (C=O) groups excluding carboxylic acids is 1. The van der Waals surface area contributed by atoms with Crippen LogP contribution in [0.1, 0.15) is 10.4 Å². The lowest BCUT2D eigenvalue weighted by molar-refractivity contribution is -0.387. The normalized spacial score (nSPS) is 9.57. The van der Waals surface area contributed by atoms with Crippen LogP contribution in [-0.4, -0.2) is 18.0 Å². The number of methoxy groups -OCH3 is 1. The maximum atomic E-state index is 11.1. The molecule has 0 N–H and O–H groups in total. The molecule has 0 aliphatic heterocycles. The van der Waals surface area contributed by atoms with E-state index in [1.165, 1.54) is 25.3 Å². The number of thiol groups is 1. The van der Waals surface area contributed by atoms with E-state index in [9.17, 15) is 14.9 Å². The van der Waals surface area contributed by atoms with E-state index in [4.69, 9.17) is 0 Å². The van der Waals surface area contributed by atoms with Crippen LogP contribution in [0.25, 0.3) is 0 Å². The summed E-state index contributed by atoms with van der Waals surface area (Å²) in [5.74, 6) is -0.640. The summed E-state index contributed by atoms with van der Waals surface area (Å²) in [5.41, 5.74) is -0.124. The molecule has 0 heterocycles. The summed E-state index contributed by atoms with van der Waals surface area (Å²) in [6.07, 6.45) is 0. The number of carbonyl (C=O) groups is 1. The lowest BCUT2D eigenvalue weighted by Gasteiger charge is -2.02. The molecule has 1 aromatic carbocycles. The number of nitro groups is 1. The first-order valence-corrected chi connectivity index (χ1v) is 4.07. The van der Waals surface area contributed by atoms with Crippen molar-refractivity contribution in [2.45, 2.75) is 4.90 Å². The van der Waals surface area contributed by atoms with E-state index < -0.39 is 10.9 Å². The minimum Gasteiger partial charge on any atom is -0.465 e. The van der Waals surface area contributed by atoms with Crippen LogP contribution < -0.4 is 0 Å². The fourth-order valence-electron chi connectivity index (χ4n) is 0.953. The summed E-state index contributed by atoms with van der Waals surface area (Å²) < 4.78 is 4.44. The molecule has 0 aliphatic carbocycles. The number of esters is 1. The summed E-state index contributed by atoms with van der Waals surface area (Å²) in [6, 6.07) is 4.10. The summed E-state index contributed by atoms with van der Waals surface area (Å²) >= 11 is 3.90. The maximum absolute atomic E-state index is 11.1. The van der Waals surface area contributed by atoms with Crippen molar-refractivity contribution in [2.75, 3.05) is 7.11 Å². The summed E-state index contributed by atoms with van der Waals surface area (Å²) in [7, 11) is 1.20. The van der Waals surface area contributed by atoms with Gasteiger partial charge < -0.3 is 4.74 Å². The van der Waals surface area contributed by atoms with Crippen molar-refractivity contribution < 1.29 is 14.5 Å². The number of nitro benzene ring substituents is 1. The number of hydrogen-bond donors (Lipinski definition) is 1. The van der Waals surface area contributed by atoms with Crippen LogP contribution in [0.15, 0.2) is 23.1 Å². The fourth-order valence-corrected chi connectivity index (χ4v) is 1.28. The third-order valence-corrected chi connectivity index (χ3v) is 2.09. The highest BCUT2D eigenvalue weighted by Gasteiger charge is 2.18. The molecule has 6 heteroatoms. The topological polar surface area (TPSA) is 69.4 Å². The molecule has 0 radical (unpaired) electrons. The monoisotopic (exact) mass is 213 g/mol. The zero-order valence-corrected chi connectivity index (χ0v) is 8.15. The molecule has 14 heavy (non-hydrogen) atoms. The van der Waals surface area contributed by atoms with E-state index in [1.54, 1.807) is 0 Å². The van der Waals surface area contributed by atoms with Gasteiger partial charge in [-0.25, -0.2) is 4.79 Å². The van der Waals surface area contributed by atoms with Gasteiger partial charge in [0.2, 0.25) is 0 Å². The first kappa shape index (κ1) is 10.5. The van der Waals surface area contributed by atoms with Crippen molar-refractivity contribution in [3.63, 3.8) is 0 Å². The van der Waals surface area contributed by atoms with Crippen molar-refractivity contribution in [1.29, 1.82) is 0 Å². The second kappa shape index (κ2) is 4.10. The first-order valence-electron chi connectivity index (χ1n) is 3.62. The molecule has 1 rings (SSSR count). The van der Waals surface area contributed by atoms with Gasteiger partial charge in [-0.05, 0) is 6.07 Å². The van der Waals surface area contributed by atoms with Gasteiger partial charge in [0.25, 0.3) is 5.69 Å². The number of hydrogen-bond acceptors (Lipinski definition) is 5. The van der Waals surface area contributed by atoms with Crippen LogP contribution in [0.5, 0.6) is 0 Å². The number of benzene rings is 1. The standard InChI is InChI=1S/C8H7NO4S/c1-13-8(10)5-3-2-4-6(7(5)14)9(11)12/h2-4,14H,1H3. The molecular weight excluding hydrogens is 206 g/mol. The Morgan fingerprint density at radius 3 is 2.71 bits per heavy atom. The Kier molecular flexibility index (Phi) is 3.08. The van der Waals surface area contributed by atoms with Gasteiger partial charge in [-0.2, -0.15) is 0 Å². The Labute approximate surface area is 85.2 Å². The van der Waals surface area contributed by atoms with E-state index in [-0.39, 0.29) is 16.1 Å². The molecule has 0 saturated heterocycles. The van der Waals surface area contributed by atoms with Gasteiger partial charge in [0, 0.05) is 6.07 Å². The molecule has 74 valence electrons. The van der Waals surface area contributed by atoms with E-state index in [2.05, 4.69) is 17.4 Å². The maximum Gasteiger partial charge on any atom is 0.339 e. The highest BCUT2D eigenvalue weighted by Crippen LogP contribution is 2.26. The van der Waals surface area contributed by atoms with Gasteiger partial charge in [0.15, 0.2) is 0 Å². The third-order valence-electron chi connectivity index (χ3n) is 1.62. The molecule has 0 saturated carbocycles. The van der Waals surface area contributed by atoms with Crippen LogP contribution in [0.2, 0.25) is 0 Å². The van der Waals surface area contributed by atoms with Crippen molar-refractivity contribution in [3.8, 4) is 0 Å². The molecule has 0 aliphatic rings. The van der Waals surface area contributed by atoms with Crippen LogP contribution in [0, 0.1) is 10.1 Å². The minimum absolute atomic E-state index is 0.0179. The lowest BCUT2D eigenvalue weighted by atomic mass is 10.2. The van der Waals surface area contributed by atoms with Crippen molar-refractivity contribution in [2.24, 2.45) is 0 Å². The Balaban J connectivity index is 3.27. The summed E-state index contributed by atoms with van der Waals surface area (Å²) in [5, 5.41) is 10.5. The summed E-state index contributed by atoms with van der Waals surface area (Å²) in [6.45, 7) is 0. The smallest absolute Gasteiger partial charge is 0.339 e. The quantitative estimate of drug-likeness (QED) is 0.351. The number of rotatable bonds is 2. The van der Waals surface area contributed by atoms with E-state index in [1.807, 2.05) is 0 Å². The van der Waals surface area contributed by atoms with E-state index in [0.29, 0.717) is 0 Å². The number of ether oxygens (including phenoxy) is 1. The third kappa shape index (κ3) is 1.85. The molecule has 0 bridgehead atoms. The second-order valence-corrected chi connectivity index (χ2v) is 2.87. The Bertz CT molecular complexity index is 391. The Morgan fingerprint density at radius 1 is 1.57 bits per heavy atom. The number of nitrogens with zero attached hydrogens (tertiary/aromatic N) is 1. The van der Waals surface area contributed by atoms with Gasteiger partial charge in [-0.1, -0.05) is 6.07 Å². The molecule has 0 spiro atoms. The Morgan fingerprint density at radius 2 is 2.21 bits per heavy atom. The van der Waals surface area contributed by atoms with Crippen LogP contribution in [-0.2, 0) is 4.74 Å². The predicted molar refractivity (Wildman–Crippen MR) is 51.7 cm³/mol. The molecule has 1 aromatic rings. The van der Waals surface area contributed by atoms with Gasteiger partial charge in [0.1, 0.15) is 0 Å². The molecule has 0 fully saturated rings. The summed E-state index contributed by atoms with van der Waals surface area (Å²) in [4.78, 5) is 21.0. The van der Waals surface area contributed by atoms with Crippen molar-refractivity contribution >= 4 is 24.3 Å². The average molecular weight is 213 g/mol. The lowest BCUT2D eigenvalue weighted by Crippen LogP contribution is -2.03. The zero-order chi connectivity index (χ0) is 10.7. The van der Waals surface area contributed by atoms with Crippen molar-refractivity contribution in [3.05, 3.63) is 33.9 Å². The second-order valence-electron chi connectivity index (χ2n) is 2.42. The zero-order valence-electron chi connectivity index (χ0n) is 7.26. The van der Waals surface area contributed by atoms with Gasteiger partial charge in [-0.3, -0.25) is 10.1 Å². The highest BCUT2D eigenvalue weighted by atomic mass is 32.1. The molecule has 5 nitrogen and oxygen atoms in total. The average Bonchev–Trinajstić information content (AvgIpc) is 2.16. The van der Waals surface area contributed by atoms with Gasteiger partial charge in [0.05, 0.1) is 22.5 Å². The predicted octanol–water partition coefficient (Wildman–Crippen LogP) is 1.67. The molecule has 0 atom stereocenters. The van der Waals surface area contributed by atoms with E-state index in [0.717, 1.165) is 0 Å². The van der Waals surface area contributed by atoms with Crippen LogP contribution in [0.4, 0.5) is 5.69 Å². The molecular formula is C8H7NO4S. The largest absolute Gasteiger partial charge is 0.465 e. The van der Waals surface area contributed by atoms with Gasteiger partial charge in [-0.15, -0.1) is 12.6 Å². The molecule has 0 amide bonds. The van der Waals surface area contributed by atoms with Crippen molar-refractivity contribution in [1.82, 2.24) is 0 Å². The fraction of sp³-hybridized carbons (Fsp3) is 0.125. The minimum atomic E-state index is -0.640. The molecule has 0 aromatic heterocycles. The highest BCUT2D eigenvalue weighted by molar-refractivity contribution is 7.80. The molecule has 0 unspecified atom stereocenters. The van der Waals surface area contributed by atoms with Crippen LogP contribution in [0.3, 0.4) is 0 Å². The van der Waals surface area contributed by atoms with Crippen LogP contribution >= 0.6 is 12.6 Å².